The molecule has 0 spiro atoms. The summed E-state index contributed by atoms with van der Waals surface area (Å²) in [7, 11) is 0. The summed E-state index contributed by atoms with van der Waals surface area (Å²) in [5, 5.41) is 13.5. The number of nitrogens with one attached hydrogen (secondary N) is 1. The molecule has 3 aromatic carbocycles. The summed E-state index contributed by atoms with van der Waals surface area (Å²) >= 11 is 12.5. The van der Waals surface area contributed by atoms with Gasteiger partial charge in [0, 0.05) is 34.4 Å². The summed E-state index contributed by atoms with van der Waals surface area (Å²) in [6.45, 7) is 2.02. The average molecular weight is 496 g/mol. The number of halogens is 3. The molecule has 2 atom stereocenters. The number of rotatable bonds is 5. The molecule has 1 heterocycles. The molecule has 0 radical (unpaired) electrons. The van der Waals surface area contributed by atoms with E-state index in [0.717, 1.165) is 11.1 Å². The molecule has 8 heteroatoms. The van der Waals surface area contributed by atoms with Crippen LogP contribution in [0.15, 0.2) is 60.7 Å². The first kappa shape index (κ1) is 23.7. The van der Waals surface area contributed by atoms with Gasteiger partial charge >= 0.3 is 0 Å². The maximum absolute atomic E-state index is 13.2. The fourth-order valence-electron chi connectivity index (χ4n) is 4.03. The molecular formula is C26H20Cl2FN3O2. The van der Waals surface area contributed by atoms with E-state index in [9.17, 15) is 19.2 Å². The highest BCUT2D eigenvalue weighted by Gasteiger charge is 2.35. The minimum absolute atomic E-state index is 0.0567. The SMILES string of the molecule is Cc1cc(C(C#N)c2ccc(Cl)cc2)c(Cl)cc1NC(=O)C1CC(=O)N(c2ccc(F)cc2)C1. The van der Waals surface area contributed by atoms with Gasteiger partial charge in [0.15, 0.2) is 0 Å². The summed E-state index contributed by atoms with van der Waals surface area (Å²) in [5.41, 5.74) is 3.19. The van der Waals surface area contributed by atoms with Crippen molar-refractivity contribution in [2.75, 3.05) is 16.8 Å². The number of carbonyl (C=O) groups excluding carboxylic acids is 2. The van der Waals surface area contributed by atoms with Crippen LogP contribution in [0, 0.1) is 30.0 Å². The van der Waals surface area contributed by atoms with E-state index >= 15 is 0 Å². The van der Waals surface area contributed by atoms with Gasteiger partial charge in [0.1, 0.15) is 5.82 Å². The van der Waals surface area contributed by atoms with Gasteiger partial charge in [-0.3, -0.25) is 9.59 Å². The summed E-state index contributed by atoms with van der Waals surface area (Å²) in [4.78, 5) is 26.9. The number of hydrogen-bond acceptors (Lipinski definition) is 3. The van der Waals surface area contributed by atoms with Crippen LogP contribution in [0.5, 0.6) is 0 Å². The molecule has 1 fully saturated rings. The van der Waals surface area contributed by atoms with Crippen molar-refractivity contribution in [3.05, 3.63) is 93.2 Å². The van der Waals surface area contributed by atoms with Gasteiger partial charge in [0.25, 0.3) is 0 Å². The third-order valence-electron chi connectivity index (χ3n) is 5.88. The van der Waals surface area contributed by atoms with Gasteiger partial charge in [-0.05, 0) is 66.1 Å². The first-order chi connectivity index (χ1) is 16.3. The lowest BCUT2D eigenvalue weighted by atomic mass is 9.91. The van der Waals surface area contributed by atoms with Gasteiger partial charge in [-0.1, -0.05) is 41.4 Å². The Morgan fingerprint density at radius 3 is 2.47 bits per heavy atom. The van der Waals surface area contributed by atoms with Gasteiger partial charge in [-0.15, -0.1) is 0 Å². The lowest BCUT2D eigenvalue weighted by molar-refractivity contribution is -0.122. The van der Waals surface area contributed by atoms with Gasteiger partial charge in [0.2, 0.25) is 11.8 Å². The molecule has 1 saturated heterocycles. The highest BCUT2D eigenvalue weighted by molar-refractivity contribution is 6.32. The van der Waals surface area contributed by atoms with Gasteiger partial charge in [-0.25, -0.2) is 4.39 Å². The van der Waals surface area contributed by atoms with Crippen molar-refractivity contribution in [3.8, 4) is 6.07 Å². The second-order valence-electron chi connectivity index (χ2n) is 8.17. The molecule has 0 bridgehead atoms. The van der Waals surface area contributed by atoms with Crippen LogP contribution in [0.2, 0.25) is 10.0 Å². The van der Waals surface area contributed by atoms with E-state index in [-0.39, 0.29) is 24.8 Å². The molecule has 2 amide bonds. The molecule has 34 heavy (non-hydrogen) atoms. The summed E-state index contributed by atoms with van der Waals surface area (Å²) in [6, 6.07) is 18.3. The molecule has 3 aromatic rings. The molecule has 0 aliphatic carbocycles. The van der Waals surface area contributed by atoms with Crippen molar-refractivity contribution in [1.29, 1.82) is 5.26 Å². The Morgan fingerprint density at radius 1 is 1.15 bits per heavy atom. The molecule has 5 nitrogen and oxygen atoms in total. The van der Waals surface area contributed by atoms with Crippen molar-refractivity contribution >= 4 is 46.4 Å². The molecular weight excluding hydrogens is 476 g/mol. The van der Waals surface area contributed by atoms with Gasteiger partial charge < -0.3 is 10.2 Å². The van der Waals surface area contributed by atoms with E-state index in [1.165, 1.54) is 29.2 Å². The first-order valence-corrected chi connectivity index (χ1v) is 11.3. The quantitative estimate of drug-likeness (QED) is 0.465. The first-order valence-electron chi connectivity index (χ1n) is 10.6. The Bertz CT molecular complexity index is 1290. The number of nitrogens with zero attached hydrogens (tertiary/aromatic N) is 2. The molecule has 2 unspecified atom stereocenters. The number of anilines is 2. The zero-order valence-corrected chi connectivity index (χ0v) is 19.7. The third-order valence-corrected chi connectivity index (χ3v) is 6.46. The Hall–Kier alpha value is -3.40. The minimum atomic E-state index is -0.593. The maximum atomic E-state index is 13.2. The zero-order valence-electron chi connectivity index (χ0n) is 18.2. The predicted molar refractivity (Wildman–Crippen MR) is 131 cm³/mol. The van der Waals surface area contributed by atoms with Crippen LogP contribution in [-0.2, 0) is 9.59 Å². The molecule has 0 aromatic heterocycles. The summed E-state index contributed by atoms with van der Waals surface area (Å²) in [5.74, 6) is -2.05. The van der Waals surface area contributed by atoms with E-state index in [0.29, 0.717) is 27.0 Å². The van der Waals surface area contributed by atoms with Crippen molar-refractivity contribution in [1.82, 2.24) is 0 Å². The topological polar surface area (TPSA) is 73.2 Å². The smallest absolute Gasteiger partial charge is 0.229 e. The Balaban J connectivity index is 1.51. The van der Waals surface area contributed by atoms with Crippen LogP contribution >= 0.6 is 23.2 Å². The Labute approximate surface area is 206 Å². The van der Waals surface area contributed by atoms with Crippen molar-refractivity contribution in [3.63, 3.8) is 0 Å². The molecule has 1 aliphatic rings. The number of hydrogen-bond donors (Lipinski definition) is 1. The third kappa shape index (κ3) is 4.91. The van der Waals surface area contributed by atoms with E-state index in [2.05, 4.69) is 11.4 Å². The van der Waals surface area contributed by atoms with Crippen molar-refractivity contribution in [2.24, 2.45) is 5.92 Å². The fraction of sp³-hybridized carbons (Fsp3) is 0.192. The highest BCUT2D eigenvalue weighted by Crippen LogP contribution is 2.35. The van der Waals surface area contributed by atoms with Crippen molar-refractivity contribution in [2.45, 2.75) is 19.3 Å². The zero-order chi connectivity index (χ0) is 24.4. The standard InChI is InChI=1S/C26H20Cl2FN3O2/c1-15-10-21(22(13-30)16-2-4-18(27)5-3-16)23(28)12-24(15)31-26(34)17-11-25(33)32(14-17)20-8-6-19(29)7-9-20/h2-10,12,17,22H,11,14H2,1H3,(H,31,34). The van der Waals surface area contributed by atoms with Gasteiger partial charge in [0.05, 0.1) is 17.9 Å². The normalized spacial score (nSPS) is 16.3. The van der Waals surface area contributed by atoms with Crippen LogP contribution in [0.4, 0.5) is 15.8 Å². The number of carbonyl (C=O) groups is 2. The maximum Gasteiger partial charge on any atom is 0.229 e. The predicted octanol–water partition coefficient (Wildman–Crippen LogP) is 6.09. The van der Waals surface area contributed by atoms with Crippen LogP contribution in [-0.4, -0.2) is 18.4 Å². The number of nitriles is 1. The summed E-state index contributed by atoms with van der Waals surface area (Å²) < 4.78 is 13.2. The lowest BCUT2D eigenvalue weighted by Crippen LogP contribution is -2.28. The molecule has 0 saturated carbocycles. The molecule has 1 N–H and O–H groups in total. The second kappa shape index (κ2) is 9.84. The lowest BCUT2D eigenvalue weighted by Gasteiger charge is -2.18. The molecule has 1 aliphatic heterocycles. The van der Waals surface area contributed by atoms with Crippen LogP contribution in [0.1, 0.15) is 29.0 Å². The average Bonchev–Trinajstić information content (AvgIpc) is 3.21. The number of benzene rings is 3. The summed E-state index contributed by atoms with van der Waals surface area (Å²) in [6.07, 6.45) is 0.0567. The van der Waals surface area contributed by atoms with Crippen LogP contribution in [0.25, 0.3) is 0 Å². The number of amides is 2. The van der Waals surface area contributed by atoms with Crippen LogP contribution < -0.4 is 10.2 Å². The Morgan fingerprint density at radius 2 is 1.82 bits per heavy atom. The Kier molecular flexibility index (Phi) is 6.87. The monoisotopic (exact) mass is 495 g/mol. The number of aryl methyl sites for hydroxylation is 1. The van der Waals surface area contributed by atoms with Crippen LogP contribution in [0.3, 0.4) is 0 Å². The largest absolute Gasteiger partial charge is 0.325 e. The molecule has 172 valence electrons. The van der Waals surface area contributed by atoms with E-state index in [1.54, 1.807) is 36.4 Å². The minimum Gasteiger partial charge on any atom is -0.325 e. The van der Waals surface area contributed by atoms with Gasteiger partial charge in [-0.2, -0.15) is 5.26 Å². The van der Waals surface area contributed by atoms with E-state index in [4.69, 9.17) is 23.2 Å². The fourth-order valence-corrected chi connectivity index (χ4v) is 4.43. The van der Waals surface area contributed by atoms with E-state index < -0.39 is 17.7 Å². The van der Waals surface area contributed by atoms with E-state index in [1.807, 2.05) is 6.92 Å². The molecule has 4 rings (SSSR count). The second-order valence-corrected chi connectivity index (χ2v) is 9.02. The van der Waals surface area contributed by atoms with Crippen molar-refractivity contribution < 1.29 is 14.0 Å². The highest BCUT2D eigenvalue weighted by atomic mass is 35.5.